The Morgan fingerprint density at radius 2 is 1.55 bits per heavy atom. The van der Waals surface area contributed by atoms with Gasteiger partial charge in [-0.3, -0.25) is 9.59 Å². The minimum Gasteiger partial charge on any atom is -0.465 e. The Bertz CT molecular complexity index is 1340. The molecule has 2 amide bonds. The van der Waals surface area contributed by atoms with Crippen molar-refractivity contribution >= 4 is 46.7 Å². The Balaban J connectivity index is 1.55. The standard InChI is InChI=1S/C26H17Cl2NO4/c1-33-25(32)16-12-13(10-11-19(16)27)29-23(30)21-20-14-6-2-4-8-17(14)26(28,22(21)24(29)31)18-9-5-3-7-15(18)20/h2-12,20-22H,1H3/t20?,21-,22+,26?/m0/s1. The van der Waals surface area contributed by atoms with Gasteiger partial charge >= 0.3 is 5.97 Å². The van der Waals surface area contributed by atoms with E-state index in [0.29, 0.717) is 0 Å². The number of ether oxygens (including phenoxy) is 1. The molecule has 164 valence electrons. The molecular formula is C26H17Cl2NO4. The third-order valence-corrected chi connectivity index (χ3v) is 8.10. The van der Waals surface area contributed by atoms with E-state index in [1.54, 1.807) is 6.07 Å². The molecule has 3 aromatic carbocycles. The second-order valence-corrected chi connectivity index (χ2v) is 9.54. The largest absolute Gasteiger partial charge is 0.465 e. The van der Waals surface area contributed by atoms with Gasteiger partial charge in [0.2, 0.25) is 11.8 Å². The molecule has 3 aromatic rings. The second kappa shape index (κ2) is 6.92. The van der Waals surface area contributed by atoms with E-state index in [1.807, 2.05) is 48.5 Å². The van der Waals surface area contributed by atoms with Gasteiger partial charge in [0, 0.05) is 5.92 Å². The van der Waals surface area contributed by atoms with Crippen LogP contribution < -0.4 is 4.90 Å². The zero-order valence-electron chi connectivity index (χ0n) is 17.4. The summed E-state index contributed by atoms with van der Waals surface area (Å²) < 4.78 is 4.79. The lowest BCUT2D eigenvalue weighted by Crippen LogP contribution is -2.50. The quantitative estimate of drug-likeness (QED) is 0.300. The third-order valence-electron chi connectivity index (χ3n) is 7.13. The van der Waals surface area contributed by atoms with E-state index in [0.717, 1.165) is 27.2 Å². The van der Waals surface area contributed by atoms with Gasteiger partial charge in [-0.25, -0.2) is 9.69 Å². The number of imide groups is 1. The maximum Gasteiger partial charge on any atom is 0.339 e. The number of anilines is 1. The minimum atomic E-state index is -1.16. The second-order valence-electron chi connectivity index (χ2n) is 8.54. The number of rotatable bonds is 2. The minimum absolute atomic E-state index is 0.0854. The highest BCUT2D eigenvalue weighted by Crippen LogP contribution is 2.65. The first-order valence-corrected chi connectivity index (χ1v) is 11.3. The lowest BCUT2D eigenvalue weighted by atomic mass is 9.54. The predicted octanol–water partition coefficient (Wildman–Crippen LogP) is 4.87. The summed E-state index contributed by atoms with van der Waals surface area (Å²) >= 11 is 13.6. The molecule has 7 heteroatoms. The zero-order chi connectivity index (χ0) is 23.1. The van der Waals surface area contributed by atoms with Crippen LogP contribution in [0.4, 0.5) is 5.69 Å². The lowest BCUT2D eigenvalue weighted by Gasteiger charge is -2.50. The summed E-state index contributed by atoms with van der Waals surface area (Å²) in [5.41, 5.74) is 4.04. The van der Waals surface area contributed by atoms with Crippen LogP contribution in [-0.2, 0) is 19.2 Å². The van der Waals surface area contributed by atoms with Gasteiger partial charge in [0.1, 0.15) is 4.87 Å². The van der Waals surface area contributed by atoms with E-state index in [4.69, 9.17) is 27.9 Å². The number of nitrogens with zero attached hydrogens (tertiary/aromatic N) is 1. The third kappa shape index (κ3) is 2.47. The molecule has 1 saturated heterocycles. The fraction of sp³-hybridized carbons (Fsp3) is 0.192. The summed E-state index contributed by atoms with van der Waals surface area (Å²) in [6, 6.07) is 20.0. The molecule has 0 N–H and O–H groups in total. The number of methoxy groups -OCH3 is 1. The normalized spacial score (nSPS) is 26.6. The van der Waals surface area contributed by atoms with Crippen LogP contribution in [0.1, 0.15) is 38.5 Å². The van der Waals surface area contributed by atoms with E-state index in [1.165, 1.54) is 19.2 Å². The summed E-state index contributed by atoms with van der Waals surface area (Å²) in [5, 5.41) is 0.177. The molecule has 0 aromatic heterocycles. The molecular weight excluding hydrogens is 461 g/mol. The summed E-state index contributed by atoms with van der Waals surface area (Å²) in [6.07, 6.45) is 0. The molecule has 1 heterocycles. The van der Waals surface area contributed by atoms with Crippen molar-refractivity contribution in [2.24, 2.45) is 11.8 Å². The highest BCUT2D eigenvalue weighted by atomic mass is 35.5. The van der Waals surface area contributed by atoms with Crippen molar-refractivity contribution < 1.29 is 19.1 Å². The van der Waals surface area contributed by atoms with Gasteiger partial charge in [0.05, 0.1) is 35.2 Å². The van der Waals surface area contributed by atoms with Crippen LogP contribution in [0, 0.1) is 11.8 Å². The Kier molecular flexibility index (Phi) is 4.29. The van der Waals surface area contributed by atoms with Crippen molar-refractivity contribution in [3.63, 3.8) is 0 Å². The Morgan fingerprint density at radius 3 is 2.15 bits per heavy atom. The van der Waals surface area contributed by atoms with E-state index in [9.17, 15) is 14.4 Å². The van der Waals surface area contributed by atoms with Crippen molar-refractivity contribution in [3.05, 3.63) is 99.6 Å². The number of hydrogen-bond donors (Lipinski definition) is 0. The van der Waals surface area contributed by atoms with Crippen molar-refractivity contribution in [1.29, 1.82) is 0 Å². The number of alkyl halides is 1. The van der Waals surface area contributed by atoms with Crippen LogP contribution in [0.25, 0.3) is 0 Å². The molecule has 4 aliphatic rings. The zero-order valence-corrected chi connectivity index (χ0v) is 18.9. The van der Waals surface area contributed by atoms with Crippen LogP contribution in [0.15, 0.2) is 66.7 Å². The highest BCUT2D eigenvalue weighted by Gasteiger charge is 2.68. The molecule has 2 atom stereocenters. The van der Waals surface area contributed by atoms with Crippen LogP contribution in [-0.4, -0.2) is 24.9 Å². The molecule has 5 nitrogen and oxygen atoms in total. The number of amides is 2. The van der Waals surface area contributed by atoms with Crippen molar-refractivity contribution in [2.45, 2.75) is 10.8 Å². The molecule has 0 unspecified atom stereocenters. The van der Waals surface area contributed by atoms with Gasteiger partial charge < -0.3 is 4.74 Å². The van der Waals surface area contributed by atoms with E-state index in [2.05, 4.69) is 0 Å². The molecule has 1 fully saturated rings. The lowest BCUT2D eigenvalue weighted by molar-refractivity contribution is -0.122. The smallest absolute Gasteiger partial charge is 0.339 e. The highest BCUT2D eigenvalue weighted by molar-refractivity contribution is 6.35. The van der Waals surface area contributed by atoms with Gasteiger partial charge in [-0.1, -0.05) is 60.1 Å². The summed E-state index contributed by atoms with van der Waals surface area (Å²) in [6.45, 7) is 0. The molecule has 7 rings (SSSR count). The number of carbonyl (C=O) groups is 3. The first-order chi connectivity index (χ1) is 15.9. The van der Waals surface area contributed by atoms with Crippen LogP contribution in [0.2, 0.25) is 5.02 Å². The first-order valence-electron chi connectivity index (χ1n) is 10.5. The molecule has 0 radical (unpaired) electrons. The molecule has 1 aliphatic heterocycles. The van der Waals surface area contributed by atoms with Crippen molar-refractivity contribution in [1.82, 2.24) is 0 Å². The molecule has 0 saturated carbocycles. The summed E-state index contributed by atoms with van der Waals surface area (Å²) in [5.74, 6) is -3.05. The Labute approximate surface area is 199 Å². The number of hydrogen-bond acceptors (Lipinski definition) is 4. The number of halogens is 2. The SMILES string of the molecule is COC(=O)c1cc(N2C(=O)[C@H]3C4c5ccccc5C(Cl)(c5ccccc54)[C@H]3C2=O)ccc1Cl. The van der Waals surface area contributed by atoms with Gasteiger partial charge in [-0.2, -0.15) is 0 Å². The van der Waals surface area contributed by atoms with E-state index >= 15 is 0 Å². The van der Waals surface area contributed by atoms with Crippen LogP contribution in [0.3, 0.4) is 0 Å². The fourth-order valence-electron chi connectivity index (χ4n) is 5.85. The van der Waals surface area contributed by atoms with Crippen LogP contribution >= 0.6 is 23.2 Å². The molecule has 2 bridgehead atoms. The monoisotopic (exact) mass is 477 g/mol. The summed E-state index contributed by atoms with van der Waals surface area (Å²) in [7, 11) is 1.25. The Morgan fingerprint density at radius 1 is 0.939 bits per heavy atom. The topological polar surface area (TPSA) is 63.7 Å². The molecule has 3 aliphatic carbocycles. The van der Waals surface area contributed by atoms with Gasteiger partial charge in [0.25, 0.3) is 0 Å². The number of benzene rings is 3. The number of carbonyl (C=O) groups excluding carboxylic acids is 3. The average molecular weight is 478 g/mol. The summed E-state index contributed by atoms with van der Waals surface area (Å²) in [4.78, 5) is 39.9. The first kappa shape index (κ1) is 20.5. The predicted molar refractivity (Wildman–Crippen MR) is 124 cm³/mol. The van der Waals surface area contributed by atoms with E-state index in [-0.39, 0.29) is 34.0 Å². The van der Waals surface area contributed by atoms with Crippen LogP contribution in [0.5, 0.6) is 0 Å². The number of esters is 1. The average Bonchev–Trinajstić information content (AvgIpc) is 3.11. The van der Waals surface area contributed by atoms with Gasteiger partial charge in [0.15, 0.2) is 0 Å². The van der Waals surface area contributed by atoms with Gasteiger partial charge in [-0.05, 0) is 40.5 Å². The van der Waals surface area contributed by atoms with Crippen molar-refractivity contribution in [3.8, 4) is 0 Å². The Hall–Kier alpha value is -3.15. The maximum atomic E-state index is 13.9. The van der Waals surface area contributed by atoms with Gasteiger partial charge in [-0.15, -0.1) is 11.6 Å². The fourth-order valence-corrected chi connectivity index (χ4v) is 6.62. The van der Waals surface area contributed by atoms with E-state index < -0.39 is 22.7 Å². The molecule has 0 spiro atoms. The molecule has 33 heavy (non-hydrogen) atoms. The van der Waals surface area contributed by atoms with Crippen molar-refractivity contribution in [2.75, 3.05) is 12.0 Å². The maximum absolute atomic E-state index is 13.9.